The molecule has 1 aromatic heterocycles. The zero-order valence-corrected chi connectivity index (χ0v) is 10.2. The van der Waals surface area contributed by atoms with Gasteiger partial charge in [0.15, 0.2) is 0 Å². The second kappa shape index (κ2) is 7.73. The molecule has 0 aliphatic heterocycles. The first-order valence-electron chi connectivity index (χ1n) is 4.98. The highest BCUT2D eigenvalue weighted by atomic mass is 32.2. The molecule has 0 fully saturated rings. The number of unbranched alkanes of at least 4 members (excludes halogenated alkanes) is 2. The molecule has 0 atom stereocenters. The third kappa shape index (κ3) is 5.81. The van der Waals surface area contributed by atoms with Gasteiger partial charge in [0.2, 0.25) is 5.91 Å². The number of hydrogen-bond acceptors (Lipinski definition) is 4. The Kier molecular flexibility index (Phi) is 6.47. The van der Waals surface area contributed by atoms with Gasteiger partial charge in [0.05, 0.1) is 4.21 Å². The topological polar surface area (TPSA) is 55.1 Å². The molecule has 0 radical (unpaired) electrons. The maximum Gasteiger partial charge on any atom is 0.233 e. The predicted octanol–water partition coefficient (Wildman–Crippen LogP) is 2.39. The molecule has 0 saturated carbocycles. The minimum absolute atomic E-state index is 0.0686. The zero-order chi connectivity index (χ0) is 10.9. The van der Waals surface area contributed by atoms with Gasteiger partial charge in [-0.25, -0.2) is 5.84 Å². The number of nitrogens with one attached hydrogen (secondary N) is 1. The first kappa shape index (κ1) is 12.5. The molecule has 1 rings (SSSR count). The van der Waals surface area contributed by atoms with Gasteiger partial charge in [-0.3, -0.25) is 10.2 Å². The van der Waals surface area contributed by atoms with Crippen LogP contribution in [0.2, 0.25) is 0 Å². The summed E-state index contributed by atoms with van der Waals surface area (Å²) in [4.78, 5) is 10.8. The molecule has 0 aliphatic rings. The number of hydrazine groups is 1. The third-order valence-electron chi connectivity index (χ3n) is 1.95. The maximum atomic E-state index is 10.8. The summed E-state index contributed by atoms with van der Waals surface area (Å²) >= 11 is 3.66. The highest BCUT2D eigenvalue weighted by Gasteiger charge is 1.98. The summed E-state index contributed by atoms with van der Waals surface area (Å²) < 4.78 is 1.37. The van der Waals surface area contributed by atoms with E-state index in [0.717, 1.165) is 25.0 Å². The molecule has 0 aliphatic carbocycles. The number of carbonyl (C=O) groups excluding carboxylic acids is 1. The average Bonchev–Trinajstić information content (AvgIpc) is 2.75. The molecule has 84 valence electrons. The van der Waals surface area contributed by atoms with E-state index in [1.54, 1.807) is 11.3 Å². The van der Waals surface area contributed by atoms with E-state index < -0.39 is 0 Å². The van der Waals surface area contributed by atoms with Crippen molar-refractivity contribution in [2.75, 3.05) is 5.75 Å². The molecule has 3 N–H and O–H groups in total. The number of rotatable bonds is 7. The first-order chi connectivity index (χ1) is 7.33. The van der Waals surface area contributed by atoms with E-state index in [0.29, 0.717) is 6.42 Å². The molecule has 0 saturated heterocycles. The standard InChI is InChI=1S/C10H16N2OS2/c11-12-9(13)5-2-1-3-7-14-10-6-4-8-15-10/h4,6,8H,1-3,5,7,11H2,(H,12,13). The van der Waals surface area contributed by atoms with Gasteiger partial charge in [-0.15, -0.1) is 23.1 Å². The largest absolute Gasteiger partial charge is 0.294 e. The Morgan fingerprint density at radius 3 is 3.00 bits per heavy atom. The van der Waals surface area contributed by atoms with Gasteiger partial charge in [-0.05, 0) is 30.0 Å². The summed E-state index contributed by atoms with van der Waals surface area (Å²) in [5, 5.41) is 2.09. The van der Waals surface area contributed by atoms with Crippen LogP contribution in [0.15, 0.2) is 21.7 Å². The number of carbonyl (C=O) groups is 1. The van der Waals surface area contributed by atoms with E-state index in [1.807, 2.05) is 11.8 Å². The Labute approximate surface area is 98.4 Å². The highest BCUT2D eigenvalue weighted by molar-refractivity contribution is 8.01. The Morgan fingerprint density at radius 2 is 2.33 bits per heavy atom. The lowest BCUT2D eigenvalue weighted by atomic mass is 10.2. The second-order valence-corrected chi connectivity index (χ2v) is 5.50. The molecule has 0 spiro atoms. The number of amides is 1. The Morgan fingerprint density at radius 1 is 1.47 bits per heavy atom. The third-order valence-corrected chi connectivity index (χ3v) is 4.17. The van der Waals surface area contributed by atoms with Gasteiger partial charge in [0.1, 0.15) is 0 Å². The smallest absolute Gasteiger partial charge is 0.233 e. The van der Waals surface area contributed by atoms with Crippen LogP contribution in [0.3, 0.4) is 0 Å². The lowest BCUT2D eigenvalue weighted by Gasteiger charge is -2.00. The van der Waals surface area contributed by atoms with Crippen LogP contribution >= 0.6 is 23.1 Å². The molecule has 1 heterocycles. The minimum atomic E-state index is -0.0686. The quantitative estimate of drug-likeness (QED) is 0.254. The van der Waals surface area contributed by atoms with Crippen molar-refractivity contribution in [2.24, 2.45) is 5.84 Å². The van der Waals surface area contributed by atoms with Gasteiger partial charge >= 0.3 is 0 Å². The van der Waals surface area contributed by atoms with Crippen LogP contribution in [-0.4, -0.2) is 11.7 Å². The SMILES string of the molecule is NNC(=O)CCCCCSc1cccs1. The highest BCUT2D eigenvalue weighted by Crippen LogP contribution is 2.24. The summed E-state index contributed by atoms with van der Waals surface area (Å²) in [6.07, 6.45) is 3.71. The van der Waals surface area contributed by atoms with E-state index >= 15 is 0 Å². The van der Waals surface area contributed by atoms with Crippen LogP contribution in [0, 0.1) is 0 Å². The number of nitrogens with two attached hydrogens (primary N) is 1. The molecule has 0 unspecified atom stereocenters. The number of thiophene rings is 1. The van der Waals surface area contributed by atoms with Crippen LogP contribution in [0.1, 0.15) is 25.7 Å². The van der Waals surface area contributed by atoms with Gasteiger partial charge in [0, 0.05) is 6.42 Å². The summed E-state index contributed by atoms with van der Waals surface area (Å²) in [5.41, 5.74) is 2.14. The lowest BCUT2D eigenvalue weighted by Crippen LogP contribution is -2.29. The molecular formula is C10H16N2OS2. The summed E-state index contributed by atoms with van der Waals surface area (Å²) in [6.45, 7) is 0. The van der Waals surface area contributed by atoms with Crippen LogP contribution in [-0.2, 0) is 4.79 Å². The van der Waals surface area contributed by atoms with Crippen molar-refractivity contribution in [3.8, 4) is 0 Å². The molecule has 0 aromatic carbocycles. The zero-order valence-electron chi connectivity index (χ0n) is 8.57. The van der Waals surface area contributed by atoms with Crippen molar-refractivity contribution in [2.45, 2.75) is 29.9 Å². The number of hydrogen-bond donors (Lipinski definition) is 2. The van der Waals surface area contributed by atoms with Gasteiger partial charge in [0.25, 0.3) is 0 Å². The summed E-state index contributed by atoms with van der Waals surface area (Å²) in [5.74, 6) is 6.04. The fraction of sp³-hybridized carbons (Fsp3) is 0.500. The van der Waals surface area contributed by atoms with E-state index in [9.17, 15) is 4.79 Å². The monoisotopic (exact) mass is 244 g/mol. The van der Waals surface area contributed by atoms with E-state index in [-0.39, 0.29) is 5.91 Å². The maximum absolute atomic E-state index is 10.8. The lowest BCUT2D eigenvalue weighted by molar-refractivity contribution is -0.121. The number of thioether (sulfide) groups is 1. The van der Waals surface area contributed by atoms with Crippen molar-refractivity contribution >= 4 is 29.0 Å². The molecule has 5 heteroatoms. The summed E-state index contributed by atoms with van der Waals surface area (Å²) in [7, 11) is 0. The summed E-state index contributed by atoms with van der Waals surface area (Å²) in [6, 6.07) is 4.20. The van der Waals surface area contributed by atoms with E-state index in [1.165, 1.54) is 4.21 Å². The normalized spacial score (nSPS) is 10.2. The molecular weight excluding hydrogens is 228 g/mol. The van der Waals surface area contributed by atoms with Crippen molar-refractivity contribution in [1.29, 1.82) is 0 Å². The molecule has 1 amide bonds. The van der Waals surface area contributed by atoms with Crippen LogP contribution < -0.4 is 11.3 Å². The molecule has 3 nitrogen and oxygen atoms in total. The van der Waals surface area contributed by atoms with Gasteiger partial charge < -0.3 is 0 Å². The Hall–Kier alpha value is -0.520. The van der Waals surface area contributed by atoms with Crippen molar-refractivity contribution in [1.82, 2.24) is 5.43 Å². The van der Waals surface area contributed by atoms with Gasteiger partial charge in [-0.2, -0.15) is 0 Å². The minimum Gasteiger partial charge on any atom is -0.294 e. The fourth-order valence-corrected chi connectivity index (χ4v) is 3.02. The van der Waals surface area contributed by atoms with Crippen LogP contribution in [0.4, 0.5) is 0 Å². The Balaban J connectivity index is 1.91. The predicted molar refractivity (Wildman–Crippen MR) is 65.8 cm³/mol. The van der Waals surface area contributed by atoms with Crippen molar-refractivity contribution in [3.05, 3.63) is 17.5 Å². The fourth-order valence-electron chi connectivity index (χ4n) is 1.15. The first-order valence-corrected chi connectivity index (χ1v) is 6.85. The molecule has 0 bridgehead atoms. The molecule has 1 aromatic rings. The average molecular weight is 244 g/mol. The van der Waals surface area contributed by atoms with E-state index in [2.05, 4.69) is 22.9 Å². The van der Waals surface area contributed by atoms with E-state index in [4.69, 9.17) is 5.84 Å². The van der Waals surface area contributed by atoms with Crippen LogP contribution in [0.5, 0.6) is 0 Å². The van der Waals surface area contributed by atoms with Crippen LogP contribution in [0.25, 0.3) is 0 Å². The Bertz CT molecular complexity index is 275. The molecule has 15 heavy (non-hydrogen) atoms. The van der Waals surface area contributed by atoms with Crippen molar-refractivity contribution in [3.63, 3.8) is 0 Å². The van der Waals surface area contributed by atoms with Crippen molar-refractivity contribution < 1.29 is 4.79 Å². The second-order valence-electron chi connectivity index (χ2n) is 3.16. The van der Waals surface area contributed by atoms with Gasteiger partial charge in [-0.1, -0.05) is 12.5 Å².